The first-order valence-electron chi connectivity index (χ1n) is 10.1. The summed E-state index contributed by atoms with van der Waals surface area (Å²) in [6.45, 7) is 2.20. The van der Waals surface area contributed by atoms with Gasteiger partial charge in [-0.1, -0.05) is 18.7 Å². The zero-order valence-electron chi connectivity index (χ0n) is 18.0. The fraction of sp³-hybridized carbons (Fsp3) is 0.381. The molecule has 1 unspecified atom stereocenters. The largest absolute Gasteiger partial charge is 0.497 e. The van der Waals surface area contributed by atoms with Gasteiger partial charge in [-0.3, -0.25) is 4.79 Å². The summed E-state index contributed by atoms with van der Waals surface area (Å²) in [6, 6.07) is 7.29. The Bertz CT molecular complexity index is 1130. The number of amides is 1. The molecule has 2 aromatic heterocycles. The van der Waals surface area contributed by atoms with Crippen LogP contribution in [0.5, 0.6) is 5.75 Å². The summed E-state index contributed by atoms with van der Waals surface area (Å²) in [7, 11) is 2.96. The van der Waals surface area contributed by atoms with Gasteiger partial charge in [-0.2, -0.15) is 4.68 Å². The minimum atomic E-state index is -0.413. The number of hydrogen-bond acceptors (Lipinski definition) is 9. The van der Waals surface area contributed by atoms with E-state index in [-0.39, 0.29) is 11.7 Å². The minimum absolute atomic E-state index is 0.0934. The maximum atomic E-state index is 12.7. The summed E-state index contributed by atoms with van der Waals surface area (Å²) in [5, 5.41) is 15.7. The van der Waals surface area contributed by atoms with E-state index in [1.54, 1.807) is 11.8 Å². The molecule has 2 heterocycles. The molecule has 1 atom stereocenters. The molecule has 9 nitrogen and oxygen atoms in total. The van der Waals surface area contributed by atoms with Crippen LogP contribution in [0.4, 0.5) is 5.00 Å². The summed E-state index contributed by atoms with van der Waals surface area (Å²) in [6.07, 6.45) is 2.74. The average Bonchev–Trinajstić information content (AvgIpc) is 3.41. The van der Waals surface area contributed by atoms with E-state index in [1.165, 1.54) is 30.2 Å². The van der Waals surface area contributed by atoms with Crippen LogP contribution in [0.3, 0.4) is 0 Å². The van der Waals surface area contributed by atoms with Crippen LogP contribution in [0.15, 0.2) is 29.4 Å². The number of benzene rings is 1. The van der Waals surface area contributed by atoms with Crippen LogP contribution in [0.1, 0.15) is 34.1 Å². The number of esters is 1. The SMILES string of the molecule is COC(=O)c1c(NC(=O)CSc2nnnn2-c2ccc(OC)cc2)sc2c1CCC(C)C2. The molecule has 0 aliphatic heterocycles. The van der Waals surface area contributed by atoms with Gasteiger partial charge in [0, 0.05) is 4.88 Å². The fourth-order valence-corrected chi connectivity index (χ4v) is 5.71. The van der Waals surface area contributed by atoms with Gasteiger partial charge in [0.15, 0.2) is 0 Å². The lowest BCUT2D eigenvalue weighted by molar-refractivity contribution is -0.113. The van der Waals surface area contributed by atoms with Crippen LogP contribution in [0, 0.1) is 5.92 Å². The van der Waals surface area contributed by atoms with Gasteiger partial charge in [0.2, 0.25) is 11.1 Å². The van der Waals surface area contributed by atoms with Crippen molar-refractivity contribution in [1.29, 1.82) is 0 Å². The van der Waals surface area contributed by atoms with Gasteiger partial charge in [0.25, 0.3) is 0 Å². The molecule has 1 N–H and O–H groups in total. The molecule has 1 amide bonds. The highest BCUT2D eigenvalue weighted by Crippen LogP contribution is 2.40. The molecule has 4 rings (SSSR count). The van der Waals surface area contributed by atoms with E-state index >= 15 is 0 Å². The molecule has 3 aromatic rings. The number of tetrazole rings is 1. The predicted molar refractivity (Wildman–Crippen MR) is 122 cm³/mol. The zero-order chi connectivity index (χ0) is 22.7. The highest BCUT2D eigenvalue weighted by Gasteiger charge is 2.29. The van der Waals surface area contributed by atoms with E-state index in [1.807, 2.05) is 24.3 Å². The number of hydrogen-bond donors (Lipinski definition) is 1. The van der Waals surface area contributed by atoms with Crippen molar-refractivity contribution in [2.24, 2.45) is 5.92 Å². The normalized spacial score (nSPS) is 15.2. The summed E-state index contributed by atoms with van der Waals surface area (Å²) < 4.78 is 11.7. The second-order valence-corrected chi connectivity index (χ2v) is 9.50. The lowest BCUT2D eigenvalue weighted by Crippen LogP contribution is -2.17. The number of aromatic nitrogens is 4. The first-order chi connectivity index (χ1) is 15.5. The van der Waals surface area contributed by atoms with E-state index in [4.69, 9.17) is 9.47 Å². The molecule has 168 valence electrons. The standard InChI is InChI=1S/C21H23N5O4S2/c1-12-4-9-15-16(10-12)32-19(18(15)20(28)30-3)22-17(27)11-31-21-23-24-25-26(21)13-5-7-14(29-2)8-6-13/h5-8,12H,4,9-11H2,1-3H3,(H,22,27). The summed E-state index contributed by atoms with van der Waals surface area (Å²) in [5.74, 6) is 0.725. The van der Waals surface area contributed by atoms with Crippen LogP contribution >= 0.6 is 23.1 Å². The van der Waals surface area contributed by atoms with E-state index in [0.717, 1.165) is 41.1 Å². The number of fused-ring (bicyclic) bond motifs is 1. The Kier molecular flexibility index (Phi) is 6.75. The third-order valence-corrected chi connectivity index (χ3v) is 7.33. The molecule has 0 radical (unpaired) electrons. The third-order valence-electron chi connectivity index (χ3n) is 5.24. The topological polar surface area (TPSA) is 108 Å². The van der Waals surface area contributed by atoms with E-state index in [2.05, 4.69) is 27.8 Å². The number of rotatable bonds is 7. The van der Waals surface area contributed by atoms with Crippen molar-refractivity contribution in [1.82, 2.24) is 20.2 Å². The van der Waals surface area contributed by atoms with Gasteiger partial charge < -0.3 is 14.8 Å². The lowest BCUT2D eigenvalue weighted by Gasteiger charge is -2.18. The molecule has 0 saturated carbocycles. The van der Waals surface area contributed by atoms with Gasteiger partial charge in [-0.05, 0) is 65.4 Å². The second-order valence-electron chi connectivity index (χ2n) is 7.46. The third kappa shape index (κ3) is 4.63. The number of nitrogens with one attached hydrogen (secondary N) is 1. The monoisotopic (exact) mass is 473 g/mol. The number of thioether (sulfide) groups is 1. The Hall–Kier alpha value is -2.92. The molecule has 0 saturated heterocycles. The molecule has 1 aromatic carbocycles. The number of carbonyl (C=O) groups is 2. The van der Waals surface area contributed by atoms with Gasteiger partial charge in [-0.25, -0.2) is 4.79 Å². The van der Waals surface area contributed by atoms with Crippen LogP contribution in [-0.4, -0.2) is 52.1 Å². The van der Waals surface area contributed by atoms with Crippen molar-refractivity contribution in [3.05, 3.63) is 40.3 Å². The Morgan fingerprint density at radius 3 is 2.78 bits per heavy atom. The van der Waals surface area contributed by atoms with Crippen molar-refractivity contribution < 1.29 is 19.1 Å². The second kappa shape index (κ2) is 9.70. The van der Waals surface area contributed by atoms with Crippen LogP contribution in [0.2, 0.25) is 0 Å². The summed E-state index contributed by atoms with van der Waals surface area (Å²) >= 11 is 2.68. The molecule has 0 fully saturated rings. The van der Waals surface area contributed by atoms with Gasteiger partial charge in [-0.15, -0.1) is 16.4 Å². The molecular formula is C21H23N5O4S2. The molecule has 32 heavy (non-hydrogen) atoms. The number of thiophene rings is 1. The molecule has 1 aliphatic rings. The highest BCUT2D eigenvalue weighted by molar-refractivity contribution is 7.99. The Labute approximate surface area is 193 Å². The van der Waals surface area contributed by atoms with Crippen LogP contribution < -0.4 is 10.1 Å². The quantitative estimate of drug-likeness (QED) is 0.411. The molecule has 0 bridgehead atoms. The molecule has 1 aliphatic carbocycles. The summed E-state index contributed by atoms with van der Waals surface area (Å²) in [4.78, 5) is 26.3. The van der Waals surface area contributed by atoms with E-state index in [0.29, 0.717) is 21.6 Å². The average molecular weight is 474 g/mol. The van der Waals surface area contributed by atoms with Crippen LogP contribution in [0.25, 0.3) is 5.69 Å². The number of carbonyl (C=O) groups excluding carboxylic acids is 2. The van der Waals surface area contributed by atoms with Crippen molar-refractivity contribution in [3.63, 3.8) is 0 Å². The van der Waals surface area contributed by atoms with E-state index in [9.17, 15) is 9.59 Å². The van der Waals surface area contributed by atoms with E-state index < -0.39 is 5.97 Å². The van der Waals surface area contributed by atoms with Crippen molar-refractivity contribution in [2.45, 2.75) is 31.3 Å². The number of ether oxygens (including phenoxy) is 2. The Morgan fingerprint density at radius 2 is 2.06 bits per heavy atom. The number of anilines is 1. The predicted octanol–water partition coefficient (Wildman–Crippen LogP) is 3.37. The molecule has 11 heteroatoms. The lowest BCUT2D eigenvalue weighted by atomic mass is 9.88. The smallest absolute Gasteiger partial charge is 0.341 e. The number of nitrogens with zero attached hydrogens (tertiary/aromatic N) is 4. The van der Waals surface area contributed by atoms with Crippen molar-refractivity contribution in [2.75, 3.05) is 25.3 Å². The zero-order valence-corrected chi connectivity index (χ0v) is 19.6. The Balaban J connectivity index is 1.46. The van der Waals surface area contributed by atoms with Crippen LogP contribution in [-0.2, 0) is 22.4 Å². The van der Waals surface area contributed by atoms with Gasteiger partial charge >= 0.3 is 5.97 Å². The first kappa shape index (κ1) is 22.3. The van der Waals surface area contributed by atoms with Crippen molar-refractivity contribution >= 4 is 40.0 Å². The highest BCUT2D eigenvalue weighted by atomic mass is 32.2. The maximum absolute atomic E-state index is 12.7. The first-order valence-corrected chi connectivity index (χ1v) is 11.9. The molecular weight excluding hydrogens is 450 g/mol. The number of methoxy groups -OCH3 is 2. The fourth-order valence-electron chi connectivity index (χ4n) is 3.60. The van der Waals surface area contributed by atoms with Crippen molar-refractivity contribution in [3.8, 4) is 11.4 Å². The Morgan fingerprint density at radius 1 is 1.28 bits per heavy atom. The van der Waals surface area contributed by atoms with Gasteiger partial charge in [0.1, 0.15) is 10.8 Å². The van der Waals surface area contributed by atoms with Gasteiger partial charge in [0.05, 0.1) is 31.2 Å². The minimum Gasteiger partial charge on any atom is -0.497 e. The summed E-state index contributed by atoms with van der Waals surface area (Å²) in [5.41, 5.74) is 2.25. The molecule has 0 spiro atoms. The maximum Gasteiger partial charge on any atom is 0.341 e.